The van der Waals surface area contributed by atoms with Crippen molar-refractivity contribution in [1.29, 1.82) is 0 Å². The molecule has 0 spiro atoms. The summed E-state index contributed by atoms with van der Waals surface area (Å²) in [7, 11) is 1.71. The predicted molar refractivity (Wildman–Crippen MR) is 130 cm³/mol. The Labute approximate surface area is 181 Å². The Kier molecular flexibility index (Phi) is 16.0. The molecule has 1 N–H and O–H groups in total. The third kappa shape index (κ3) is 9.48. The average molecular weight is 418 g/mol. The third-order valence-corrected chi connectivity index (χ3v) is 4.74. The number of pyridine rings is 2. The highest BCUT2D eigenvalue weighted by Gasteiger charge is 2.08. The predicted octanol–water partition coefficient (Wildman–Crippen LogP) is 6.87. The number of hydrogen-bond acceptors (Lipinski definition) is 5. The summed E-state index contributed by atoms with van der Waals surface area (Å²) in [5.41, 5.74) is 4.35. The van der Waals surface area contributed by atoms with Gasteiger partial charge in [0.25, 0.3) is 0 Å². The van der Waals surface area contributed by atoms with Crippen LogP contribution in [0.3, 0.4) is 0 Å². The maximum absolute atomic E-state index is 5.03. The highest BCUT2D eigenvalue weighted by molar-refractivity contribution is 7.22. The zero-order chi connectivity index (χ0) is 22.1. The highest BCUT2D eigenvalue weighted by atomic mass is 32.1. The maximum Gasteiger partial charge on any atom is 0.0819 e. The first-order valence-corrected chi connectivity index (χ1v) is 11.5. The van der Waals surface area contributed by atoms with E-state index in [0.29, 0.717) is 6.61 Å². The van der Waals surface area contributed by atoms with Gasteiger partial charge in [-0.15, -0.1) is 11.3 Å². The number of thiophene rings is 1. The zero-order valence-corrected chi connectivity index (χ0v) is 20.3. The van der Waals surface area contributed by atoms with Gasteiger partial charge in [-0.2, -0.15) is 0 Å². The lowest BCUT2D eigenvalue weighted by Crippen LogP contribution is -2.19. The molecule has 29 heavy (non-hydrogen) atoms. The molecule has 0 amide bonds. The molecule has 3 aromatic rings. The van der Waals surface area contributed by atoms with Crippen LogP contribution in [0.1, 0.15) is 59.2 Å². The van der Waals surface area contributed by atoms with Crippen molar-refractivity contribution in [2.75, 3.05) is 20.3 Å². The maximum atomic E-state index is 5.03. The molecule has 0 fully saturated rings. The van der Waals surface area contributed by atoms with E-state index in [-0.39, 0.29) is 0 Å². The van der Waals surface area contributed by atoms with Crippen LogP contribution in [0.5, 0.6) is 0 Å². The molecule has 0 bridgehead atoms. The molecular weight excluding hydrogens is 378 g/mol. The minimum atomic E-state index is 0.709. The molecule has 0 saturated carbocycles. The van der Waals surface area contributed by atoms with E-state index in [9.17, 15) is 0 Å². The van der Waals surface area contributed by atoms with Crippen molar-refractivity contribution >= 4 is 21.6 Å². The molecule has 3 heterocycles. The van der Waals surface area contributed by atoms with E-state index in [1.165, 1.54) is 16.7 Å². The summed E-state index contributed by atoms with van der Waals surface area (Å²) in [4.78, 5) is 10.3. The summed E-state index contributed by atoms with van der Waals surface area (Å²) in [6.07, 6.45) is 3.11. The van der Waals surface area contributed by atoms with Gasteiger partial charge in [-0.05, 0) is 36.8 Å². The summed E-state index contributed by atoms with van der Waals surface area (Å²) in [6.45, 7) is 16.7. The van der Waals surface area contributed by atoms with E-state index in [0.717, 1.165) is 34.9 Å². The summed E-state index contributed by atoms with van der Waals surface area (Å²) in [6, 6.07) is 10.3. The Balaban J connectivity index is 0.00000100. The fourth-order valence-electron chi connectivity index (χ4n) is 2.30. The van der Waals surface area contributed by atoms with E-state index in [2.05, 4.69) is 49.3 Å². The second kappa shape index (κ2) is 17.1. The topological polar surface area (TPSA) is 47.0 Å². The van der Waals surface area contributed by atoms with E-state index in [1.54, 1.807) is 18.4 Å². The molecule has 0 atom stereocenters. The van der Waals surface area contributed by atoms with Gasteiger partial charge < -0.3 is 10.1 Å². The quantitative estimate of drug-likeness (QED) is 0.444. The van der Waals surface area contributed by atoms with Crippen LogP contribution in [0.2, 0.25) is 0 Å². The number of ether oxygens (including phenoxy) is 1. The van der Waals surface area contributed by atoms with E-state index in [1.807, 2.05) is 46.0 Å². The van der Waals surface area contributed by atoms with Gasteiger partial charge in [-0.3, -0.25) is 9.97 Å². The van der Waals surface area contributed by atoms with Crippen LogP contribution in [0, 0.1) is 6.92 Å². The molecule has 3 aromatic heterocycles. The van der Waals surface area contributed by atoms with Crippen LogP contribution in [0.4, 0.5) is 0 Å². The Morgan fingerprint density at radius 2 is 1.76 bits per heavy atom. The Morgan fingerprint density at radius 3 is 2.38 bits per heavy atom. The monoisotopic (exact) mass is 417 g/mol. The number of hydrogen-bond donors (Lipinski definition) is 1. The Morgan fingerprint density at radius 1 is 1.07 bits per heavy atom. The van der Waals surface area contributed by atoms with Crippen LogP contribution in [0.15, 0.2) is 36.5 Å². The fourth-order valence-corrected chi connectivity index (χ4v) is 3.35. The van der Waals surface area contributed by atoms with Crippen molar-refractivity contribution in [3.63, 3.8) is 0 Å². The highest BCUT2D eigenvalue weighted by Crippen LogP contribution is 2.33. The van der Waals surface area contributed by atoms with E-state index in [4.69, 9.17) is 9.72 Å². The van der Waals surface area contributed by atoms with Crippen molar-refractivity contribution in [3.05, 3.63) is 47.8 Å². The molecule has 0 aliphatic heterocycles. The SMILES string of the molecule is CC.CC.CCC.COCCNCc1cccc(-c2cc3nccc(C)c3s2)n1. The van der Waals surface area contributed by atoms with Crippen molar-refractivity contribution in [2.24, 2.45) is 0 Å². The van der Waals surface area contributed by atoms with E-state index < -0.39 is 0 Å². The molecule has 0 saturated heterocycles. The number of nitrogens with one attached hydrogen (secondary N) is 1. The Bertz CT molecular complexity index is 787. The zero-order valence-electron chi connectivity index (χ0n) is 19.5. The van der Waals surface area contributed by atoms with Gasteiger partial charge in [0.2, 0.25) is 0 Å². The summed E-state index contributed by atoms with van der Waals surface area (Å²) < 4.78 is 6.27. The lowest BCUT2D eigenvalue weighted by Gasteiger charge is -2.05. The van der Waals surface area contributed by atoms with Gasteiger partial charge in [0.1, 0.15) is 0 Å². The van der Waals surface area contributed by atoms with Crippen LogP contribution in [-0.2, 0) is 11.3 Å². The van der Waals surface area contributed by atoms with Gasteiger partial charge in [-0.25, -0.2) is 0 Å². The molecule has 0 radical (unpaired) electrons. The molecule has 3 rings (SSSR count). The van der Waals surface area contributed by atoms with Gasteiger partial charge in [-0.1, -0.05) is 54.0 Å². The van der Waals surface area contributed by atoms with Gasteiger partial charge in [0.15, 0.2) is 0 Å². The first-order valence-electron chi connectivity index (χ1n) is 10.7. The lowest BCUT2D eigenvalue weighted by atomic mass is 10.2. The number of rotatable bonds is 6. The van der Waals surface area contributed by atoms with Gasteiger partial charge >= 0.3 is 0 Å². The number of aromatic nitrogens is 2. The van der Waals surface area contributed by atoms with E-state index >= 15 is 0 Å². The minimum absolute atomic E-state index is 0.709. The molecule has 0 aliphatic rings. The number of fused-ring (bicyclic) bond motifs is 1. The van der Waals surface area contributed by atoms with Crippen LogP contribution < -0.4 is 5.32 Å². The second-order valence-corrected chi connectivity index (χ2v) is 6.90. The molecule has 5 heteroatoms. The van der Waals surface area contributed by atoms with Crippen LogP contribution in [-0.4, -0.2) is 30.2 Å². The first kappa shape index (κ1) is 27.2. The van der Waals surface area contributed by atoms with Gasteiger partial charge in [0.05, 0.1) is 33.1 Å². The molecule has 0 unspecified atom stereocenters. The number of methoxy groups -OCH3 is 1. The molecule has 4 nitrogen and oxygen atoms in total. The Hall–Kier alpha value is -1.82. The van der Waals surface area contributed by atoms with Crippen molar-refractivity contribution < 1.29 is 4.74 Å². The lowest BCUT2D eigenvalue weighted by molar-refractivity contribution is 0.199. The van der Waals surface area contributed by atoms with Crippen LogP contribution in [0.25, 0.3) is 20.8 Å². The minimum Gasteiger partial charge on any atom is -0.383 e. The summed E-state index contributed by atoms with van der Waals surface area (Å²) in [5, 5.41) is 3.32. The summed E-state index contributed by atoms with van der Waals surface area (Å²) >= 11 is 1.75. The average Bonchev–Trinajstić information content (AvgIpc) is 3.21. The number of aryl methyl sites for hydroxylation is 1. The number of nitrogens with zero attached hydrogens (tertiary/aromatic N) is 2. The molecule has 0 aliphatic carbocycles. The van der Waals surface area contributed by atoms with Gasteiger partial charge in [0, 0.05) is 26.4 Å². The largest absolute Gasteiger partial charge is 0.383 e. The fraction of sp³-hybridized carbons (Fsp3) is 0.500. The second-order valence-electron chi connectivity index (χ2n) is 5.84. The third-order valence-electron chi connectivity index (χ3n) is 3.46. The van der Waals surface area contributed by atoms with Crippen molar-refractivity contribution in [1.82, 2.24) is 15.3 Å². The summed E-state index contributed by atoms with van der Waals surface area (Å²) in [5.74, 6) is 0. The standard InChI is InChI=1S/C17H19N3OS.C3H8.2C2H6/c1-12-6-7-19-15-10-16(22-17(12)15)14-5-3-4-13(20-14)11-18-8-9-21-2;1-3-2;2*1-2/h3-7,10,18H,8-9,11H2,1-2H3;3H2,1-2H3;2*1-2H3. The normalized spacial score (nSPS) is 9.52. The first-order chi connectivity index (χ1) is 14.2. The molecular formula is C24H39N3OS. The molecule has 162 valence electrons. The molecule has 0 aromatic carbocycles. The smallest absolute Gasteiger partial charge is 0.0819 e. The van der Waals surface area contributed by atoms with Crippen molar-refractivity contribution in [2.45, 2.75) is 61.4 Å². The van der Waals surface area contributed by atoms with Crippen molar-refractivity contribution in [3.8, 4) is 10.6 Å². The van der Waals surface area contributed by atoms with Crippen LogP contribution >= 0.6 is 11.3 Å².